The second kappa shape index (κ2) is 7.18. The Bertz CT molecular complexity index is 617. The molecule has 0 spiro atoms. The summed E-state index contributed by atoms with van der Waals surface area (Å²) in [6.45, 7) is 5.82. The van der Waals surface area contributed by atoms with Crippen molar-refractivity contribution >= 4 is 5.78 Å². The van der Waals surface area contributed by atoms with Crippen LogP contribution < -0.4 is 0 Å². The second-order valence-corrected chi connectivity index (χ2v) is 8.23. The van der Waals surface area contributed by atoms with Crippen LogP contribution in [0.5, 0.6) is 0 Å². The van der Waals surface area contributed by atoms with E-state index in [2.05, 4.69) is 19.6 Å². The van der Waals surface area contributed by atoms with Crippen LogP contribution in [0.1, 0.15) is 51.9 Å². The molecule has 0 unspecified atom stereocenters. The molecule has 5 atom stereocenters. The van der Waals surface area contributed by atoms with Gasteiger partial charge in [0.15, 0.2) is 5.78 Å². The van der Waals surface area contributed by atoms with Gasteiger partial charge in [0.25, 0.3) is 0 Å². The van der Waals surface area contributed by atoms with Crippen LogP contribution in [0.15, 0.2) is 35.5 Å². The molecule has 25 heavy (non-hydrogen) atoms. The summed E-state index contributed by atoms with van der Waals surface area (Å²) in [6, 6.07) is 0. The van der Waals surface area contributed by atoms with Gasteiger partial charge in [0.2, 0.25) is 0 Å². The van der Waals surface area contributed by atoms with Crippen molar-refractivity contribution in [1.29, 1.82) is 0 Å². The summed E-state index contributed by atoms with van der Waals surface area (Å²) < 4.78 is 0. The van der Waals surface area contributed by atoms with Gasteiger partial charge in [0.05, 0.1) is 12.2 Å². The number of hydrogen-bond acceptors (Lipinski definition) is 4. The van der Waals surface area contributed by atoms with E-state index >= 15 is 0 Å². The first-order valence-electron chi connectivity index (χ1n) is 9.45. The molecular formula is C21H30O4. The molecule has 0 aromatic heterocycles. The lowest BCUT2D eigenvalue weighted by Gasteiger charge is -2.41. The summed E-state index contributed by atoms with van der Waals surface area (Å²) in [5, 5.41) is 29.2. The Morgan fingerprint density at radius 3 is 2.80 bits per heavy atom. The number of carbonyl (C=O) groups excluding carboxylic acids is 1. The van der Waals surface area contributed by atoms with Crippen LogP contribution in [-0.2, 0) is 4.79 Å². The molecule has 3 N–H and O–H groups in total. The highest BCUT2D eigenvalue weighted by Gasteiger charge is 2.51. The molecular weight excluding hydrogens is 316 g/mol. The highest BCUT2D eigenvalue weighted by atomic mass is 16.3. The lowest BCUT2D eigenvalue weighted by Crippen LogP contribution is -2.37. The largest absolute Gasteiger partial charge is 0.393 e. The van der Waals surface area contributed by atoms with Crippen LogP contribution in [0.25, 0.3) is 0 Å². The van der Waals surface area contributed by atoms with Gasteiger partial charge >= 0.3 is 0 Å². The number of aliphatic hydroxyl groups excluding tert-OH is 3. The van der Waals surface area contributed by atoms with E-state index in [1.165, 1.54) is 5.57 Å². The first-order valence-corrected chi connectivity index (χ1v) is 9.45. The van der Waals surface area contributed by atoms with Gasteiger partial charge in [-0.2, -0.15) is 0 Å². The summed E-state index contributed by atoms with van der Waals surface area (Å²) in [5.41, 5.74) is 2.94. The van der Waals surface area contributed by atoms with Crippen LogP contribution in [0.2, 0.25) is 0 Å². The number of allylic oxidation sites excluding steroid dienone is 3. The number of ketones is 1. The number of carbonyl (C=O) groups is 1. The lowest BCUT2D eigenvalue weighted by atomic mass is 9.62. The van der Waals surface area contributed by atoms with Gasteiger partial charge in [-0.15, -0.1) is 0 Å². The molecule has 138 valence electrons. The van der Waals surface area contributed by atoms with E-state index in [1.807, 2.05) is 6.08 Å². The Kier molecular flexibility index (Phi) is 5.33. The number of hydrogen-bond donors (Lipinski definition) is 3. The first-order chi connectivity index (χ1) is 11.9. The smallest absolute Gasteiger partial charge is 0.161 e. The van der Waals surface area contributed by atoms with Gasteiger partial charge in [-0.3, -0.25) is 4.79 Å². The minimum Gasteiger partial charge on any atom is -0.393 e. The fourth-order valence-corrected chi connectivity index (χ4v) is 5.34. The maximum absolute atomic E-state index is 12.2. The molecule has 3 saturated carbocycles. The summed E-state index contributed by atoms with van der Waals surface area (Å²) in [4.78, 5) is 12.2. The van der Waals surface area contributed by atoms with E-state index in [9.17, 15) is 20.1 Å². The zero-order valence-corrected chi connectivity index (χ0v) is 15.1. The molecule has 3 aliphatic rings. The molecule has 3 fully saturated rings. The summed E-state index contributed by atoms with van der Waals surface area (Å²) in [7, 11) is 0. The lowest BCUT2D eigenvalue weighted by molar-refractivity contribution is -0.129. The summed E-state index contributed by atoms with van der Waals surface area (Å²) in [6.07, 6.45) is 8.84. The quantitative estimate of drug-likeness (QED) is 0.734. The first kappa shape index (κ1) is 18.6. The molecule has 0 saturated heterocycles. The van der Waals surface area contributed by atoms with Crippen molar-refractivity contribution in [3.05, 3.63) is 35.5 Å². The Hall–Kier alpha value is -1.23. The standard InChI is InChI=1S/C21H30O4/c1-13-15(10-16(23)11-19(13)24)6-5-14-4-3-9-21(2)17(14)7-8-18(21)20(25)12-22/h5-6,16-19,22-24H,1,3-4,7-12H2,2H3/b14-5+,15-6+/t16-,17+,18-,19+,21+/m1/s1. The number of aliphatic hydroxyl groups is 3. The van der Waals surface area contributed by atoms with Gasteiger partial charge in [-0.05, 0) is 61.0 Å². The SMILES string of the molecule is C=C1/C(=C/C=C2\CCC[C@]3(C)[C@@H](C(=O)CO)CC[C@@H]23)C[C@@H](O)C[C@@H]1O. The van der Waals surface area contributed by atoms with Crippen molar-refractivity contribution in [2.45, 2.75) is 64.1 Å². The average Bonchev–Trinajstić information content (AvgIpc) is 2.93. The number of Topliss-reactive ketones (excluding diaryl/α,β-unsaturated/α-hetero) is 1. The molecule has 0 aromatic rings. The fraction of sp³-hybridized carbons (Fsp3) is 0.667. The second-order valence-electron chi connectivity index (χ2n) is 8.23. The van der Waals surface area contributed by atoms with E-state index in [0.717, 1.165) is 37.7 Å². The van der Waals surface area contributed by atoms with Gasteiger partial charge in [-0.1, -0.05) is 31.2 Å². The molecule has 3 aliphatic carbocycles. The van der Waals surface area contributed by atoms with Crippen molar-refractivity contribution in [3.8, 4) is 0 Å². The van der Waals surface area contributed by atoms with E-state index < -0.39 is 12.2 Å². The van der Waals surface area contributed by atoms with Crippen molar-refractivity contribution in [2.75, 3.05) is 6.61 Å². The Balaban J connectivity index is 1.83. The molecule has 0 radical (unpaired) electrons. The molecule has 0 aromatic carbocycles. The third kappa shape index (κ3) is 3.40. The molecule has 0 amide bonds. The average molecular weight is 346 g/mol. The van der Waals surface area contributed by atoms with Crippen molar-refractivity contribution in [3.63, 3.8) is 0 Å². The monoisotopic (exact) mass is 346 g/mol. The van der Waals surface area contributed by atoms with Crippen LogP contribution in [0.3, 0.4) is 0 Å². The van der Waals surface area contributed by atoms with Crippen molar-refractivity contribution in [1.82, 2.24) is 0 Å². The minimum atomic E-state index is -0.664. The molecule has 0 bridgehead atoms. The summed E-state index contributed by atoms with van der Waals surface area (Å²) >= 11 is 0. The molecule has 4 nitrogen and oxygen atoms in total. The fourth-order valence-electron chi connectivity index (χ4n) is 5.34. The Morgan fingerprint density at radius 2 is 2.08 bits per heavy atom. The number of fused-ring (bicyclic) bond motifs is 1. The zero-order valence-electron chi connectivity index (χ0n) is 15.1. The maximum atomic E-state index is 12.2. The molecule has 0 aliphatic heterocycles. The van der Waals surface area contributed by atoms with Gasteiger partial charge in [0.1, 0.15) is 6.61 Å². The molecule has 0 heterocycles. The maximum Gasteiger partial charge on any atom is 0.161 e. The third-order valence-corrected chi connectivity index (χ3v) is 6.77. The van der Waals surface area contributed by atoms with Crippen LogP contribution in [-0.4, -0.2) is 39.9 Å². The summed E-state index contributed by atoms with van der Waals surface area (Å²) in [5.74, 6) is 0.328. The van der Waals surface area contributed by atoms with Gasteiger partial charge < -0.3 is 15.3 Å². The third-order valence-electron chi connectivity index (χ3n) is 6.77. The van der Waals surface area contributed by atoms with E-state index in [0.29, 0.717) is 24.3 Å². The zero-order chi connectivity index (χ0) is 18.2. The normalized spacial score (nSPS) is 42.0. The van der Waals surface area contributed by atoms with Gasteiger partial charge in [-0.25, -0.2) is 0 Å². The van der Waals surface area contributed by atoms with E-state index in [1.54, 1.807) is 0 Å². The predicted molar refractivity (Wildman–Crippen MR) is 96.8 cm³/mol. The predicted octanol–water partition coefficient (Wildman–Crippen LogP) is 2.69. The molecule has 4 heteroatoms. The van der Waals surface area contributed by atoms with E-state index in [4.69, 9.17) is 0 Å². The number of rotatable bonds is 3. The minimum absolute atomic E-state index is 0.0171. The van der Waals surface area contributed by atoms with E-state index in [-0.39, 0.29) is 23.7 Å². The Labute approximate surface area is 149 Å². The van der Waals surface area contributed by atoms with Crippen LogP contribution in [0, 0.1) is 17.3 Å². The highest BCUT2D eigenvalue weighted by Crippen LogP contribution is 2.57. The van der Waals surface area contributed by atoms with Crippen molar-refractivity contribution < 1.29 is 20.1 Å². The molecule has 3 rings (SSSR count). The van der Waals surface area contributed by atoms with Crippen molar-refractivity contribution in [2.24, 2.45) is 17.3 Å². The highest BCUT2D eigenvalue weighted by molar-refractivity contribution is 5.83. The van der Waals surface area contributed by atoms with Crippen LogP contribution in [0.4, 0.5) is 0 Å². The topological polar surface area (TPSA) is 77.8 Å². The van der Waals surface area contributed by atoms with Gasteiger partial charge in [0, 0.05) is 12.3 Å². The van der Waals surface area contributed by atoms with Crippen LogP contribution >= 0.6 is 0 Å². The Morgan fingerprint density at radius 1 is 1.32 bits per heavy atom.